The lowest BCUT2D eigenvalue weighted by Crippen LogP contribution is -2.57. The summed E-state index contributed by atoms with van der Waals surface area (Å²) < 4.78 is 16.9. The second kappa shape index (κ2) is 9.65. The number of aryl methyl sites for hydroxylation is 1. The fourth-order valence-corrected chi connectivity index (χ4v) is 5.02. The zero-order valence-corrected chi connectivity index (χ0v) is 23.2. The number of amides is 1. The van der Waals surface area contributed by atoms with E-state index in [0.29, 0.717) is 29.3 Å². The van der Waals surface area contributed by atoms with Crippen LogP contribution in [0.1, 0.15) is 49.3 Å². The van der Waals surface area contributed by atoms with E-state index in [1.165, 1.54) is 0 Å². The van der Waals surface area contributed by atoms with E-state index in [0.717, 1.165) is 39.5 Å². The molecule has 0 spiro atoms. The maximum absolute atomic E-state index is 13.6. The SMILES string of the molecule is CO/C(C)=C(/C)N1Cc2c(-c3ccc(OC(=O)c4cccnc4C)cc3OC)ccc3c2N1C(=O)C(C)(C)N3. The number of benzene rings is 2. The first kappa shape index (κ1) is 26.1. The van der Waals surface area contributed by atoms with E-state index in [1.807, 2.05) is 50.9 Å². The number of allylic oxidation sites excluding steroid dienone is 2. The molecule has 9 heteroatoms. The number of carbonyl (C=O) groups is 2. The predicted molar refractivity (Wildman–Crippen MR) is 148 cm³/mol. The third-order valence-electron chi connectivity index (χ3n) is 7.32. The van der Waals surface area contributed by atoms with Crippen molar-refractivity contribution >= 4 is 23.3 Å². The average Bonchev–Trinajstić information content (AvgIpc) is 3.32. The van der Waals surface area contributed by atoms with E-state index in [-0.39, 0.29) is 5.91 Å². The van der Waals surface area contributed by atoms with Crippen LogP contribution in [0, 0.1) is 6.92 Å². The standard InChI is InChI=1S/C30H32N4O5/c1-17-21(9-8-14-31-17)28(35)39-20-10-11-23(26(15-20)38-7)22-12-13-25-27-24(22)16-33(18(2)19(3)37-6)34(27)29(36)30(4,5)32-25/h8-15,32H,16H2,1-7H3/b19-18-. The van der Waals surface area contributed by atoms with Crippen LogP contribution in [0.5, 0.6) is 11.5 Å². The largest absolute Gasteiger partial charge is 0.500 e. The quantitative estimate of drug-likeness (QED) is 0.257. The number of ether oxygens (including phenoxy) is 3. The number of rotatable bonds is 6. The summed E-state index contributed by atoms with van der Waals surface area (Å²) in [4.78, 5) is 30.6. The van der Waals surface area contributed by atoms with Gasteiger partial charge in [-0.1, -0.05) is 6.07 Å². The first-order valence-electron chi connectivity index (χ1n) is 12.7. The van der Waals surface area contributed by atoms with Gasteiger partial charge in [-0.15, -0.1) is 0 Å². The van der Waals surface area contributed by atoms with Gasteiger partial charge in [0.1, 0.15) is 22.8 Å². The van der Waals surface area contributed by atoms with Crippen LogP contribution in [-0.2, 0) is 16.1 Å². The molecule has 39 heavy (non-hydrogen) atoms. The molecular weight excluding hydrogens is 496 g/mol. The molecule has 1 amide bonds. The summed E-state index contributed by atoms with van der Waals surface area (Å²) in [6.07, 6.45) is 1.63. The molecule has 3 aromatic rings. The Morgan fingerprint density at radius 1 is 1.08 bits per heavy atom. The normalized spacial score (nSPS) is 15.8. The highest BCUT2D eigenvalue weighted by molar-refractivity contribution is 6.09. The Morgan fingerprint density at radius 2 is 1.82 bits per heavy atom. The molecule has 0 unspecified atom stereocenters. The molecule has 0 saturated carbocycles. The van der Waals surface area contributed by atoms with Gasteiger partial charge in [0.25, 0.3) is 5.91 Å². The summed E-state index contributed by atoms with van der Waals surface area (Å²) in [5.41, 5.74) is 5.44. The van der Waals surface area contributed by atoms with Crippen molar-refractivity contribution in [2.45, 2.75) is 46.7 Å². The van der Waals surface area contributed by atoms with E-state index in [9.17, 15) is 9.59 Å². The lowest BCUT2D eigenvalue weighted by molar-refractivity contribution is -0.124. The lowest BCUT2D eigenvalue weighted by Gasteiger charge is -2.41. The molecule has 0 radical (unpaired) electrons. The number of nitrogens with zero attached hydrogens (tertiary/aromatic N) is 3. The number of hydrogen-bond donors (Lipinski definition) is 1. The molecule has 0 atom stereocenters. The van der Waals surface area contributed by atoms with Crippen molar-refractivity contribution in [2.24, 2.45) is 0 Å². The van der Waals surface area contributed by atoms with Crippen molar-refractivity contribution in [3.8, 4) is 22.6 Å². The topological polar surface area (TPSA) is 93.2 Å². The Morgan fingerprint density at radius 3 is 2.51 bits per heavy atom. The van der Waals surface area contributed by atoms with E-state index in [4.69, 9.17) is 14.2 Å². The first-order valence-corrected chi connectivity index (χ1v) is 12.7. The van der Waals surface area contributed by atoms with E-state index < -0.39 is 11.5 Å². The maximum atomic E-state index is 13.6. The highest BCUT2D eigenvalue weighted by Crippen LogP contribution is 2.50. The summed E-state index contributed by atoms with van der Waals surface area (Å²) in [7, 11) is 3.20. The molecule has 202 valence electrons. The van der Waals surface area contributed by atoms with Gasteiger partial charge in [0, 0.05) is 23.4 Å². The van der Waals surface area contributed by atoms with Crippen molar-refractivity contribution in [1.29, 1.82) is 0 Å². The minimum atomic E-state index is -0.786. The van der Waals surface area contributed by atoms with Crippen LogP contribution in [0.3, 0.4) is 0 Å². The van der Waals surface area contributed by atoms with Crippen molar-refractivity contribution in [2.75, 3.05) is 24.5 Å². The molecule has 2 aliphatic rings. The Bertz CT molecular complexity index is 1530. The summed E-state index contributed by atoms with van der Waals surface area (Å²) >= 11 is 0. The van der Waals surface area contributed by atoms with Crippen LogP contribution < -0.4 is 19.8 Å². The summed E-state index contributed by atoms with van der Waals surface area (Å²) in [6.45, 7) is 9.81. The molecular formula is C30H32N4O5. The zero-order valence-electron chi connectivity index (χ0n) is 23.2. The van der Waals surface area contributed by atoms with Gasteiger partial charge in [0.2, 0.25) is 0 Å². The molecule has 0 fully saturated rings. The molecule has 0 saturated heterocycles. The van der Waals surface area contributed by atoms with E-state index in [2.05, 4.69) is 10.3 Å². The monoisotopic (exact) mass is 528 g/mol. The number of hydrazine groups is 1. The van der Waals surface area contributed by atoms with Gasteiger partial charge in [-0.3, -0.25) is 14.8 Å². The van der Waals surface area contributed by atoms with Crippen molar-refractivity contribution in [1.82, 2.24) is 9.99 Å². The third kappa shape index (κ3) is 4.33. The zero-order chi connectivity index (χ0) is 28.1. The van der Waals surface area contributed by atoms with Crippen molar-refractivity contribution < 1.29 is 23.8 Å². The van der Waals surface area contributed by atoms with Crippen LogP contribution in [0.4, 0.5) is 11.4 Å². The third-order valence-corrected chi connectivity index (χ3v) is 7.32. The molecule has 1 N–H and O–H groups in total. The number of methoxy groups -OCH3 is 2. The minimum absolute atomic E-state index is 0.0610. The van der Waals surface area contributed by atoms with E-state index in [1.54, 1.807) is 56.6 Å². The molecule has 0 bridgehead atoms. The van der Waals surface area contributed by atoms with Crippen LogP contribution >= 0.6 is 0 Å². The van der Waals surface area contributed by atoms with Gasteiger partial charge in [-0.25, -0.2) is 9.80 Å². The average molecular weight is 529 g/mol. The Balaban J connectivity index is 1.57. The predicted octanol–water partition coefficient (Wildman–Crippen LogP) is 5.45. The molecule has 2 aromatic carbocycles. The van der Waals surface area contributed by atoms with Crippen LogP contribution in [0.15, 0.2) is 60.1 Å². The number of hydrogen-bond acceptors (Lipinski definition) is 8. The number of nitrogens with one attached hydrogen (secondary N) is 1. The van der Waals surface area contributed by atoms with Crippen molar-refractivity contribution in [3.05, 3.63) is 76.9 Å². The molecule has 1 aromatic heterocycles. The second-order valence-corrected chi connectivity index (χ2v) is 10.1. The minimum Gasteiger partial charge on any atom is -0.500 e. The number of esters is 1. The second-order valence-electron chi connectivity index (χ2n) is 10.1. The smallest absolute Gasteiger partial charge is 0.345 e. The fraction of sp³-hybridized carbons (Fsp3) is 0.300. The van der Waals surface area contributed by atoms with Gasteiger partial charge < -0.3 is 19.5 Å². The van der Waals surface area contributed by atoms with Gasteiger partial charge >= 0.3 is 5.97 Å². The Labute approximate surface area is 228 Å². The molecule has 2 aliphatic heterocycles. The molecule has 3 heterocycles. The van der Waals surface area contributed by atoms with Gasteiger partial charge in [-0.05, 0) is 70.5 Å². The van der Waals surface area contributed by atoms with Gasteiger partial charge in [0.05, 0.1) is 49.1 Å². The van der Waals surface area contributed by atoms with E-state index >= 15 is 0 Å². The number of anilines is 2. The summed E-state index contributed by atoms with van der Waals surface area (Å²) in [5.74, 6) is 1.07. The lowest BCUT2D eigenvalue weighted by atomic mass is 9.93. The Hall–Kier alpha value is -4.53. The van der Waals surface area contributed by atoms with Crippen molar-refractivity contribution in [3.63, 3.8) is 0 Å². The summed E-state index contributed by atoms with van der Waals surface area (Å²) in [6, 6.07) is 12.7. The Kier molecular flexibility index (Phi) is 6.46. The number of carbonyl (C=O) groups excluding carboxylic acids is 2. The first-order chi connectivity index (χ1) is 18.6. The maximum Gasteiger partial charge on any atom is 0.345 e. The molecule has 5 rings (SSSR count). The number of aromatic nitrogens is 1. The highest BCUT2D eigenvalue weighted by Gasteiger charge is 2.47. The van der Waals surface area contributed by atoms with Gasteiger partial charge in [-0.2, -0.15) is 0 Å². The van der Waals surface area contributed by atoms with Crippen LogP contribution in [0.2, 0.25) is 0 Å². The van der Waals surface area contributed by atoms with Gasteiger partial charge in [0.15, 0.2) is 0 Å². The molecule has 0 aliphatic carbocycles. The van der Waals surface area contributed by atoms with Crippen LogP contribution in [-0.4, -0.2) is 41.6 Å². The number of pyridine rings is 1. The van der Waals surface area contributed by atoms with Crippen LogP contribution in [0.25, 0.3) is 11.1 Å². The highest BCUT2D eigenvalue weighted by atomic mass is 16.5. The fourth-order valence-electron chi connectivity index (χ4n) is 5.02. The molecule has 9 nitrogen and oxygen atoms in total. The summed E-state index contributed by atoms with van der Waals surface area (Å²) in [5, 5.41) is 7.11.